The molecular weight excluding hydrogens is 301 g/mol. The van der Waals surface area contributed by atoms with Crippen LogP contribution in [-0.4, -0.2) is 20.2 Å². The van der Waals surface area contributed by atoms with E-state index in [0.29, 0.717) is 5.39 Å². The molecule has 6 nitrogen and oxygen atoms in total. The largest absolute Gasteiger partial charge is 0.416 e. The van der Waals surface area contributed by atoms with Gasteiger partial charge in [-0.1, -0.05) is 0 Å². The molecule has 0 amide bonds. The predicted octanol–water partition coefficient (Wildman–Crippen LogP) is 1.93. The number of benzene rings is 1. The maximum Gasteiger partial charge on any atom is 0.416 e. The monoisotopic (exact) mass is 310 g/mol. The van der Waals surface area contributed by atoms with Crippen molar-refractivity contribution in [3.05, 3.63) is 50.4 Å². The number of aromatic amines is 3. The zero-order chi connectivity index (χ0) is 16.1. The smallest absolute Gasteiger partial charge is 0.311 e. The van der Waals surface area contributed by atoms with Crippen molar-refractivity contribution >= 4 is 10.9 Å². The summed E-state index contributed by atoms with van der Waals surface area (Å²) in [5.74, 6) is 0. The van der Waals surface area contributed by atoms with Crippen LogP contribution in [0.1, 0.15) is 11.3 Å². The van der Waals surface area contributed by atoms with E-state index in [0.717, 1.165) is 12.1 Å². The summed E-state index contributed by atoms with van der Waals surface area (Å²) >= 11 is 0. The Hall–Kier alpha value is -2.84. The van der Waals surface area contributed by atoms with Crippen molar-refractivity contribution < 1.29 is 13.2 Å². The van der Waals surface area contributed by atoms with Gasteiger partial charge in [0.2, 0.25) is 0 Å². The SMILES string of the molecule is Cc1[nH]c(=O)[nH]c(=O)c1-c1cc(C(F)(F)F)cc2[nH]ncc12. The van der Waals surface area contributed by atoms with Crippen LogP contribution in [0, 0.1) is 6.92 Å². The highest BCUT2D eigenvalue weighted by atomic mass is 19.4. The van der Waals surface area contributed by atoms with Crippen LogP contribution in [-0.2, 0) is 6.18 Å². The van der Waals surface area contributed by atoms with Gasteiger partial charge in [0.1, 0.15) is 0 Å². The first-order chi connectivity index (χ1) is 10.3. The molecule has 22 heavy (non-hydrogen) atoms. The molecule has 0 saturated heterocycles. The Morgan fingerprint density at radius 2 is 1.86 bits per heavy atom. The third-order valence-electron chi connectivity index (χ3n) is 3.29. The number of halogens is 3. The van der Waals surface area contributed by atoms with Gasteiger partial charge in [-0.15, -0.1) is 0 Å². The molecule has 3 N–H and O–H groups in total. The van der Waals surface area contributed by atoms with Crippen LogP contribution < -0.4 is 11.2 Å². The van der Waals surface area contributed by atoms with Crippen molar-refractivity contribution in [1.29, 1.82) is 0 Å². The van der Waals surface area contributed by atoms with Crippen LogP contribution >= 0.6 is 0 Å². The number of rotatable bonds is 1. The Labute approximate surface area is 120 Å². The van der Waals surface area contributed by atoms with Crippen molar-refractivity contribution in [2.45, 2.75) is 13.1 Å². The maximum atomic E-state index is 13.0. The average molecular weight is 310 g/mol. The minimum atomic E-state index is -4.57. The summed E-state index contributed by atoms with van der Waals surface area (Å²) in [5, 5.41) is 6.52. The van der Waals surface area contributed by atoms with Gasteiger partial charge in [-0.05, 0) is 19.1 Å². The number of hydrogen-bond acceptors (Lipinski definition) is 3. The third kappa shape index (κ3) is 2.20. The number of aryl methyl sites for hydroxylation is 1. The first-order valence-corrected chi connectivity index (χ1v) is 6.15. The van der Waals surface area contributed by atoms with Crippen LogP contribution in [0.15, 0.2) is 27.9 Å². The molecule has 114 valence electrons. The van der Waals surface area contributed by atoms with E-state index in [-0.39, 0.29) is 22.3 Å². The molecule has 0 fully saturated rings. The molecular formula is C13H9F3N4O2. The Morgan fingerprint density at radius 3 is 2.50 bits per heavy atom. The lowest BCUT2D eigenvalue weighted by molar-refractivity contribution is -0.137. The summed E-state index contributed by atoms with van der Waals surface area (Å²) in [6.07, 6.45) is -3.24. The van der Waals surface area contributed by atoms with Gasteiger partial charge in [0.05, 0.1) is 22.8 Å². The minimum absolute atomic E-state index is 0.0305. The van der Waals surface area contributed by atoms with E-state index in [1.54, 1.807) is 0 Å². The van der Waals surface area contributed by atoms with Gasteiger partial charge in [-0.3, -0.25) is 14.9 Å². The fourth-order valence-electron chi connectivity index (χ4n) is 2.35. The molecule has 0 unspecified atom stereocenters. The Kier molecular flexibility index (Phi) is 2.94. The fraction of sp³-hybridized carbons (Fsp3) is 0.154. The molecule has 0 spiro atoms. The first-order valence-electron chi connectivity index (χ1n) is 6.15. The van der Waals surface area contributed by atoms with Crippen molar-refractivity contribution in [3.63, 3.8) is 0 Å². The summed E-state index contributed by atoms with van der Waals surface area (Å²) in [6.45, 7) is 1.44. The zero-order valence-electron chi connectivity index (χ0n) is 11.1. The van der Waals surface area contributed by atoms with Gasteiger partial charge in [0, 0.05) is 16.6 Å². The number of alkyl halides is 3. The van der Waals surface area contributed by atoms with Crippen molar-refractivity contribution in [3.8, 4) is 11.1 Å². The average Bonchev–Trinajstić information content (AvgIpc) is 2.84. The Balaban J connectivity index is 2.43. The zero-order valence-corrected chi connectivity index (χ0v) is 11.1. The summed E-state index contributed by atoms with van der Waals surface area (Å²) in [6, 6.07) is 1.79. The first kappa shape index (κ1) is 14.1. The van der Waals surface area contributed by atoms with Gasteiger partial charge in [0.25, 0.3) is 5.56 Å². The van der Waals surface area contributed by atoms with Crippen LogP contribution in [0.2, 0.25) is 0 Å². The molecule has 0 aliphatic heterocycles. The second-order valence-electron chi connectivity index (χ2n) is 4.76. The number of hydrogen-bond donors (Lipinski definition) is 3. The van der Waals surface area contributed by atoms with Crippen LogP contribution in [0.4, 0.5) is 13.2 Å². The molecule has 3 rings (SSSR count). The van der Waals surface area contributed by atoms with E-state index >= 15 is 0 Å². The molecule has 0 saturated carbocycles. The van der Waals surface area contributed by atoms with Crippen LogP contribution in [0.3, 0.4) is 0 Å². The Bertz CT molecular complexity index is 981. The van der Waals surface area contributed by atoms with Crippen LogP contribution in [0.5, 0.6) is 0 Å². The lowest BCUT2D eigenvalue weighted by Gasteiger charge is -2.11. The van der Waals surface area contributed by atoms with Crippen molar-refractivity contribution in [2.75, 3.05) is 0 Å². The van der Waals surface area contributed by atoms with Crippen molar-refractivity contribution in [1.82, 2.24) is 20.2 Å². The van der Waals surface area contributed by atoms with E-state index in [2.05, 4.69) is 15.2 Å². The maximum absolute atomic E-state index is 13.0. The topological polar surface area (TPSA) is 94.4 Å². The molecule has 2 aromatic heterocycles. The van der Waals surface area contributed by atoms with Gasteiger partial charge < -0.3 is 4.98 Å². The second kappa shape index (κ2) is 4.58. The summed E-state index contributed by atoms with van der Waals surface area (Å²) in [4.78, 5) is 27.6. The molecule has 1 aromatic carbocycles. The minimum Gasteiger partial charge on any atom is -0.311 e. The molecule has 0 bridgehead atoms. The van der Waals surface area contributed by atoms with Crippen LogP contribution in [0.25, 0.3) is 22.0 Å². The molecule has 9 heteroatoms. The lowest BCUT2D eigenvalue weighted by Crippen LogP contribution is -2.25. The number of aromatic nitrogens is 4. The lowest BCUT2D eigenvalue weighted by atomic mass is 9.99. The molecule has 0 aliphatic rings. The quantitative estimate of drug-likeness (QED) is 0.641. The van der Waals surface area contributed by atoms with Gasteiger partial charge in [-0.25, -0.2) is 4.79 Å². The third-order valence-corrected chi connectivity index (χ3v) is 3.29. The number of nitrogens with zero attached hydrogens (tertiary/aromatic N) is 1. The van der Waals surface area contributed by atoms with E-state index in [9.17, 15) is 22.8 Å². The number of fused-ring (bicyclic) bond motifs is 1. The van der Waals surface area contributed by atoms with Gasteiger partial charge in [0.15, 0.2) is 0 Å². The number of nitrogens with one attached hydrogen (secondary N) is 3. The highest BCUT2D eigenvalue weighted by Gasteiger charge is 2.32. The highest BCUT2D eigenvalue weighted by Crippen LogP contribution is 2.36. The van der Waals surface area contributed by atoms with Gasteiger partial charge in [-0.2, -0.15) is 18.3 Å². The normalized spacial score (nSPS) is 12.0. The summed E-state index contributed by atoms with van der Waals surface area (Å²) in [7, 11) is 0. The summed E-state index contributed by atoms with van der Waals surface area (Å²) < 4.78 is 39.0. The van der Waals surface area contributed by atoms with E-state index in [4.69, 9.17) is 0 Å². The van der Waals surface area contributed by atoms with E-state index in [1.165, 1.54) is 13.1 Å². The fourth-order valence-corrected chi connectivity index (χ4v) is 2.35. The predicted molar refractivity (Wildman–Crippen MR) is 72.5 cm³/mol. The van der Waals surface area contributed by atoms with Crippen molar-refractivity contribution in [2.24, 2.45) is 0 Å². The molecule has 0 atom stereocenters. The van der Waals surface area contributed by atoms with E-state index in [1.807, 2.05) is 4.98 Å². The molecule has 3 aromatic rings. The summed E-state index contributed by atoms with van der Waals surface area (Å²) in [5.41, 5.74) is -2.05. The van der Waals surface area contributed by atoms with Gasteiger partial charge >= 0.3 is 11.9 Å². The van der Waals surface area contributed by atoms with E-state index < -0.39 is 23.0 Å². The molecule has 0 aliphatic carbocycles. The second-order valence-corrected chi connectivity index (χ2v) is 4.76. The standard InChI is InChI=1S/C13H9F3N4O2/c1-5-10(11(21)19-12(22)18-5)7-2-6(13(14,15)16)3-9-8(7)4-17-20-9/h2-4H,1H3,(H,17,20)(H2,18,19,21,22). The molecule has 2 heterocycles. The molecule has 0 radical (unpaired) electrons. The highest BCUT2D eigenvalue weighted by molar-refractivity contribution is 5.95. The number of H-pyrrole nitrogens is 3. The Morgan fingerprint density at radius 1 is 1.14 bits per heavy atom.